The summed E-state index contributed by atoms with van der Waals surface area (Å²) in [6.45, 7) is 6.13. The predicted molar refractivity (Wildman–Crippen MR) is 103 cm³/mol. The van der Waals surface area contributed by atoms with Crippen LogP contribution in [0.3, 0.4) is 0 Å². The maximum absolute atomic E-state index is 12.3. The second-order valence-electron chi connectivity index (χ2n) is 7.77. The molecule has 4 heteroatoms. The molecule has 0 aromatic heterocycles. The summed E-state index contributed by atoms with van der Waals surface area (Å²) in [5.41, 5.74) is 4.12. The predicted octanol–water partition coefficient (Wildman–Crippen LogP) is 4.32. The fourth-order valence-electron chi connectivity index (χ4n) is 3.94. The van der Waals surface area contributed by atoms with E-state index < -0.39 is 11.6 Å². The van der Waals surface area contributed by atoms with Gasteiger partial charge in [-0.05, 0) is 41.5 Å². The Labute approximate surface area is 155 Å². The van der Waals surface area contributed by atoms with Crippen molar-refractivity contribution in [2.24, 2.45) is 5.92 Å². The van der Waals surface area contributed by atoms with Gasteiger partial charge in [0.1, 0.15) is 6.61 Å². The van der Waals surface area contributed by atoms with E-state index in [1.165, 1.54) is 22.3 Å². The first kappa shape index (κ1) is 18.5. The molecule has 1 aliphatic carbocycles. The normalized spacial score (nSPS) is 15.3. The molecule has 4 nitrogen and oxygen atoms in total. The number of hydrogen-bond acceptors (Lipinski definition) is 3. The van der Waals surface area contributed by atoms with Gasteiger partial charge in [-0.2, -0.15) is 0 Å². The first-order chi connectivity index (χ1) is 12.4. The molecule has 2 aromatic rings. The molecular formula is C22H27NO3. The van der Waals surface area contributed by atoms with Crippen molar-refractivity contribution in [1.82, 2.24) is 5.32 Å². The summed E-state index contributed by atoms with van der Waals surface area (Å²) in [5.74, 6) is 0.402. The Bertz CT molecular complexity index is 741. The summed E-state index contributed by atoms with van der Waals surface area (Å²) in [6.07, 6.45) is 0.206. The van der Waals surface area contributed by atoms with Gasteiger partial charge in [0.05, 0.1) is 12.1 Å². The lowest BCUT2D eigenvalue weighted by atomic mass is 9.92. The fourth-order valence-corrected chi connectivity index (χ4v) is 3.94. The lowest BCUT2D eigenvalue weighted by Crippen LogP contribution is -2.50. The number of amides is 1. The lowest BCUT2D eigenvalue weighted by Gasteiger charge is -2.30. The summed E-state index contributed by atoms with van der Waals surface area (Å²) in [6, 6.07) is 16.5. The van der Waals surface area contributed by atoms with E-state index in [1.54, 1.807) is 0 Å². The molecule has 1 atom stereocenters. The van der Waals surface area contributed by atoms with Crippen LogP contribution < -0.4 is 5.32 Å². The van der Waals surface area contributed by atoms with Crippen LogP contribution in [0.2, 0.25) is 0 Å². The van der Waals surface area contributed by atoms with Gasteiger partial charge in [0.15, 0.2) is 0 Å². The van der Waals surface area contributed by atoms with E-state index in [-0.39, 0.29) is 19.1 Å². The molecule has 0 saturated carbocycles. The van der Waals surface area contributed by atoms with Crippen LogP contribution >= 0.6 is 0 Å². The lowest BCUT2D eigenvalue weighted by molar-refractivity contribution is 0.106. The van der Waals surface area contributed by atoms with E-state index in [2.05, 4.69) is 43.4 Å². The van der Waals surface area contributed by atoms with Gasteiger partial charge in [-0.15, -0.1) is 0 Å². The number of fused-ring (bicyclic) bond motifs is 3. The van der Waals surface area contributed by atoms with Gasteiger partial charge in [-0.3, -0.25) is 0 Å². The number of nitrogens with one attached hydrogen (secondary N) is 1. The van der Waals surface area contributed by atoms with Crippen LogP contribution in [0.25, 0.3) is 11.1 Å². The Balaban J connectivity index is 1.71. The van der Waals surface area contributed by atoms with Crippen molar-refractivity contribution in [3.05, 3.63) is 59.7 Å². The maximum atomic E-state index is 12.3. The molecule has 0 heterocycles. The maximum Gasteiger partial charge on any atom is 0.407 e. The number of hydrogen-bond donors (Lipinski definition) is 2. The second-order valence-corrected chi connectivity index (χ2v) is 7.77. The average molecular weight is 353 g/mol. The van der Waals surface area contributed by atoms with Crippen molar-refractivity contribution < 1.29 is 14.6 Å². The van der Waals surface area contributed by atoms with Crippen LogP contribution in [-0.2, 0) is 4.74 Å². The molecule has 3 rings (SSSR count). The monoisotopic (exact) mass is 353 g/mol. The standard InChI is InChI=1S/C22H27NO3/c1-15(2)12-22(3,14-24)23-21(25)26-13-20-18-10-6-4-8-16(18)17-9-5-7-11-19(17)20/h4-11,15,20,24H,12-14H2,1-3H3,(H,23,25). The topological polar surface area (TPSA) is 58.6 Å². The molecule has 1 aliphatic rings. The average Bonchev–Trinajstić information content (AvgIpc) is 2.93. The first-order valence-electron chi connectivity index (χ1n) is 9.17. The van der Waals surface area contributed by atoms with Crippen molar-refractivity contribution in [2.75, 3.05) is 13.2 Å². The van der Waals surface area contributed by atoms with Crippen molar-refractivity contribution in [2.45, 2.75) is 38.6 Å². The summed E-state index contributed by atoms with van der Waals surface area (Å²) in [7, 11) is 0. The third-order valence-corrected chi connectivity index (χ3v) is 4.96. The zero-order valence-corrected chi connectivity index (χ0v) is 15.7. The van der Waals surface area contributed by atoms with Crippen LogP contribution in [0.5, 0.6) is 0 Å². The number of alkyl carbamates (subject to hydrolysis) is 1. The van der Waals surface area contributed by atoms with Crippen molar-refractivity contribution in [3.63, 3.8) is 0 Å². The number of aliphatic hydroxyl groups is 1. The van der Waals surface area contributed by atoms with Crippen LogP contribution in [0, 0.1) is 5.92 Å². The van der Waals surface area contributed by atoms with Crippen molar-refractivity contribution in [3.8, 4) is 11.1 Å². The zero-order chi connectivity index (χ0) is 18.7. The molecule has 1 amide bonds. The summed E-state index contributed by atoms with van der Waals surface area (Å²) in [4.78, 5) is 12.3. The highest BCUT2D eigenvalue weighted by Crippen LogP contribution is 2.44. The van der Waals surface area contributed by atoms with E-state index in [0.717, 1.165) is 0 Å². The number of aliphatic hydroxyl groups excluding tert-OH is 1. The molecule has 0 aliphatic heterocycles. The van der Waals surface area contributed by atoms with Crippen LogP contribution in [0.1, 0.15) is 44.2 Å². The molecule has 0 fully saturated rings. The largest absolute Gasteiger partial charge is 0.449 e. The van der Waals surface area contributed by atoms with Gasteiger partial charge < -0.3 is 15.2 Å². The Morgan fingerprint density at radius 3 is 2.15 bits per heavy atom. The van der Waals surface area contributed by atoms with Crippen molar-refractivity contribution in [1.29, 1.82) is 0 Å². The van der Waals surface area contributed by atoms with Gasteiger partial charge in [0.2, 0.25) is 0 Å². The molecule has 0 radical (unpaired) electrons. The fraction of sp³-hybridized carbons (Fsp3) is 0.409. The number of rotatable bonds is 6. The molecule has 0 spiro atoms. The number of carbonyl (C=O) groups is 1. The minimum absolute atomic E-state index is 0.0404. The minimum atomic E-state index is -0.670. The van der Waals surface area contributed by atoms with E-state index >= 15 is 0 Å². The summed E-state index contributed by atoms with van der Waals surface area (Å²) in [5, 5.41) is 12.5. The molecular weight excluding hydrogens is 326 g/mol. The number of ether oxygens (including phenoxy) is 1. The van der Waals surface area contributed by atoms with E-state index in [9.17, 15) is 9.90 Å². The highest BCUT2D eigenvalue weighted by Gasteiger charge is 2.31. The van der Waals surface area contributed by atoms with E-state index in [1.807, 2.05) is 31.2 Å². The molecule has 0 saturated heterocycles. The molecule has 1 unspecified atom stereocenters. The minimum Gasteiger partial charge on any atom is -0.449 e. The molecule has 0 bridgehead atoms. The molecule has 26 heavy (non-hydrogen) atoms. The highest BCUT2D eigenvalue weighted by molar-refractivity contribution is 5.79. The highest BCUT2D eigenvalue weighted by atomic mass is 16.5. The van der Waals surface area contributed by atoms with E-state index in [0.29, 0.717) is 12.3 Å². The van der Waals surface area contributed by atoms with Crippen LogP contribution in [-0.4, -0.2) is 30.0 Å². The smallest absolute Gasteiger partial charge is 0.407 e. The Morgan fingerprint density at radius 2 is 1.65 bits per heavy atom. The number of carbonyl (C=O) groups excluding carboxylic acids is 1. The van der Waals surface area contributed by atoms with Gasteiger partial charge in [-0.1, -0.05) is 62.4 Å². The van der Waals surface area contributed by atoms with Gasteiger partial charge >= 0.3 is 6.09 Å². The summed E-state index contributed by atoms with van der Waals surface area (Å²) < 4.78 is 5.56. The second kappa shape index (κ2) is 7.50. The van der Waals surface area contributed by atoms with Crippen LogP contribution in [0.15, 0.2) is 48.5 Å². The van der Waals surface area contributed by atoms with Crippen LogP contribution in [0.4, 0.5) is 4.79 Å². The third-order valence-electron chi connectivity index (χ3n) is 4.96. The van der Waals surface area contributed by atoms with Crippen molar-refractivity contribution >= 4 is 6.09 Å². The SMILES string of the molecule is CC(C)CC(C)(CO)NC(=O)OCC1c2ccccc2-c2ccccc21. The molecule has 2 aromatic carbocycles. The Hall–Kier alpha value is -2.33. The van der Waals surface area contributed by atoms with Gasteiger partial charge in [0, 0.05) is 5.92 Å². The summed E-state index contributed by atoms with van der Waals surface area (Å²) >= 11 is 0. The molecule has 2 N–H and O–H groups in total. The zero-order valence-electron chi connectivity index (χ0n) is 15.7. The van der Waals surface area contributed by atoms with Gasteiger partial charge in [-0.25, -0.2) is 4.79 Å². The first-order valence-corrected chi connectivity index (χ1v) is 9.17. The Morgan fingerprint density at radius 1 is 1.12 bits per heavy atom. The molecule has 138 valence electrons. The number of benzene rings is 2. The third kappa shape index (κ3) is 3.75. The quantitative estimate of drug-likeness (QED) is 0.813. The van der Waals surface area contributed by atoms with E-state index in [4.69, 9.17) is 4.74 Å². The van der Waals surface area contributed by atoms with Gasteiger partial charge in [0.25, 0.3) is 0 Å². The Kier molecular flexibility index (Phi) is 5.33.